The summed E-state index contributed by atoms with van der Waals surface area (Å²) in [6, 6.07) is 8.67. The van der Waals surface area contributed by atoms with Gasteiger partial charge in [0.25, 0.3) is 0 Å². The fourth-order valence-electron chi connectivity index (χ4n) is 1.26. The largest absolute Gasteiger partial charge is 0.395 e. The van der Waals surface area contributed by atoms with E-state index in [1.165, 1.54) is 0 Å². The van der Waals surface area contributed by atoms with Crippen molar-refractivity contribution < 1.29 is 13.5 Å². The lowest BCUT2D eigenvalue weighted by molar-refractivity contribution is 0.305. The zero-order valence-corrected chi connectivity index (χ0v) is 11.1. The average molecular weight is 278 g/mol. The fourth-order valence-corrected chi connectivity index (χ4v) is 1.91. The molecule has 0 spiro atoms. The van der Waals surface area contributed by atoms with Crippen molar-refractivity contribution >= 4 is 10.0 Å². The van der Waals surface area contributed by atoms with Gasteiger partial charge in [-0.25, -0.2) is 13.1 Å². The van der Waals surface area contributed by atoms with Crippen LogP contribution in [0.3, 0.4) is 0 Å². The molecule has 5 nitrogen and oxygen atoms in total. The van der Waals surface area contributed by atoms with Crippen molar-refractivity contribution in [3.05, 3.63) is 35.4 Å². The third-order valence-electron chi connectivity index (χ3n) is 2.17. The van der Waals surface area contributed by atoms with Gasteiger partial charge >= 0.3 is 0 Å². The Labute approximate surface area is 112 Å². The van der Waals surface area contributed by atoms with E-state index in [0.29, 0.717) is 6.42 Å². The number of benzene rings is 1. The zero-order chi connectivity index (χ0) is 14.1. The van der Waals surface area contributed by atoms with Crippen LogP contribution >= 0.6 is 0 Å². The number of nitriles is 1. The van der Waals surface area contributed by atoms with Crippen molar-refractivity contribution in [3.8, 4) is 17.9 Å². The van der Waals surface area contributed by atoms with Crippen molar-refractivity contribution in [2.24, 2.45) is 0 Å². The Morgan fingerprint density at radius 1 is 1.26 bits per heavy atom. The second-order valence-corrected chi connectivity index (χ2v) is 5.52. The molecule has 6 heteroatoms. The van der Waals surface area contributed by atoms with E-state index in [-0.39, 0.29) is 13.2 Å². The third-order valence-corrected chi connectivity index (χ3v) is 3.27. The van der Waals surface area contributed by atoms with E-state index < -0.39 is 15.8 Å². The molecule has 1 rings (SSSR count). The predicted molar refractivity (Wildman–Crippen MR) is 71.3 cm³/mol. The van der Waals surface area contributed by atoms with Gasteiger partial charge in [0.05, 0.1) is 12.7 Å². The van der Waals surface area contributed by atoms with Gasteiger partial charge in [-0.2, -0.15) is 5.26 Å². The molecule has 0 atom stereocenters. The minimum atomic E-state index is -3.52. The molecule has 0 saturated carbocycles. The van der Waals surface area contributed by atoms with Gasteiger partial charge in [0.15, 0.2) is 5.75 Å². The molecule has 0 fully saturated rings. The second kappa shape index (κ2) is 7.55. The number of nitrogens with one attached hydrogen (secondary N) is 1. The van der Waals surface area contributed by atoms with Crippen molar-refractivity contribution in [2.45, 2.75) is 13.0 Å². The molecular weight excluding hydrogens is 264 g/mol. The van der Waals surface area contributed by atoms with Gasteiger partial charge in [-0.3, -0.25) is 0 Å². The lowest BCUT2D eigenvalue weighted by Gasteiger charge is -2.03. The Balaban J connectivity index is 2.59. The topological polar surface area (TPSA) is 90.2 Å². The summed E-state index contributed by atoms with van der Waals surface area (Å²) < 4.78 is 24.9. The Hall–Kier alpha value is -1.86. The van der Waals surface area contributed by atoms with E-state index in [2.05, 4.69) is 16.6 Å². The fraction of sp³-hybridized carbons (Fsp3) is 0.308. The van der Waals surface area contributed by atoms with E-state index in [1.807, 2.05) is 0 Å². The molecule has 19 heavy (non-hydrogen) atoms. The van der Waals surface area contributed by atoms with E-state index in [1.54, 1.807) is 30.3 Å². The summed E-state index contributed by atoms with van der Waals surface area (Å²) in [5.74, 6) is 5.13. The Kier molecular flexibility index (Phi) is 6.04. The quantitative estimate of drug-likeness (QED) is 0.761. The molecule has 0 heterocycles. The molecule has 0 aromatic heterocycles. The molecule has 0 unspecified atom stereocenters. The van der Waals surface area contributed by atoms with E-state index >= 15 is 0 Å². The smallest absolute Gasteiger partial charge is 0.225 e. The molecule has 2 N–H and O–H groups in total. The van der Waals surface area contributed by atoms with Gasteiger partial charge in [0.2, 0.25) is 10.0 Å². The van der Waals surface area contributed by atoms with Gasteiger partial charge in [-0.05, 0) is 17.7 Å². The van der Waals surface area contributed by atoms with Crippen LogP contribution in [0.5, 0.6) is 0 Å². The molecule has 0 aliphatic heterocycles. The van der Waals surface area contributed by atoms with Crippen LogP contribution in [-0.2, 0) is 16.6 Å². The number of aliphatic hydroxyl groups is 1. The summed E-state index contributed by atoms with van der Waals surface area (Å²) in [4.78, 5) is 0. The SMILES string of the molecule is N#CCS(=O)(=O)NCc1ccc(C#CCCO)cc1. The minimum absolute atomic E-state index is 0.0335. The average Bonchev–Trinajstić information content (AvgIpc) is 2.38. The van der Waals surface area contributed by atoms with Crippen LogP contribution in [0, 0.1) is 23.2 Å². The Morgan fingerprint density at radius 2 is 1.95 bits per heavy atom. The summed E-state index contributed by atoms with van der Waals surface area (Å²) >= 11 is 0. The number of hydrogen-bond acceptors (Lipinski definition) is 4. The molecule has 100 valence electrons. The Bertz CT molecular complexity index is 604. The molecule has 0 saturated heterocycles. The van der Waals surface area contributed by atoms with E-state index in [9.17, 15) is 8.42 Å². The van der Waals surface area contributed by atoms with Crippen molar-refractivity contribution in [2.75, 3.05) is 12.4 Å². The van der Waals surface area contributed by atoms with Crippen molar-refractivity contribution in [3.63, 3.8) is 0 Å². The standard InChI is InChI=1S/C13H14N2O3S/c14-8-10-19(17,18)15-11-13-6-4-12(5-7-13)3-1-2-9-16/h4-7,15-16H,2,9-11H2. The van der Waals surface area contributed by atoms with Crippen LogP contribution in [0.15, 0.2) is 24.3 Å². The van der Waals surface area contributed by atoms with Gasteiger partial charge in [0.1, 0.15) is 0 Å². The molecule has 0 aliphatic carbocycles. The monoisotopic (exact) mass is 278 g/mol. The summed E-state index contributed by atoms with van der Waals surface area (Å²) in [7, 11) is -3.52. The molecule has 1 aromatic rings. The lowest BCUT2D eigenvalue weighted by Crippen LogP contribution is -2.25. The van der Waals surface area contributed by atoms with E-state index in [4.69, 9.17) is 10.4 Å². The maximum atomic E-state index is 11.3. The third kappa shape index (κ3) is 6.03. The van der Waals surface area contributed by atoms with Crippen molar-refractivity contribution in [1.82, 2.24) is 4.72 Å². The maximum Gasteiger partial charge on any atom is 0.225 e. The number of hydrogen-bond donors (Lipinski definition) is 2. The summed E-state index contributed by atoms with van der Waals surface area (Å²) in [6.45, 7) is 0.181. The molecule has 0 aliphatic rings. The molecule has 0 radical (unpaired) electrons. The number of sulfonamides is 1. The highest BCUT2D eigenvalue weighted by Crippen LogP contribution is 2.03. The van der Waals surface area contributed by atoms with Crippen LogP contribution < -0.4 is 4.72 Å². The lowest BCUT2D eigenvalue weighted by atomic mass is 10.1. The summed E-state index contributed by atoms with van der Waals surface area (Å²) in [5.41, 5.74) is 1.59. The highest BCUT2D eigenvalue weighted by Gasteiger charge is 2.08. The number of nitrogens with zero attached hydrogens (tertiary/aromatic N) is 1. The second-order valence-electron chi connectivity index (χ2n) is 3.71. The normalized spacial score (nSPS) is 10.3. The first-order valence-corrected chi connectivity index (χ1v) is 7.25. The molecule has 1 aromatic carbocycles. The van der Waals surface area contributed by atoms with Crippen LogP contribution in [0.25, 0.3) is 0 Å². The minimum Gasteiger partial charge on any atom is -0.395 e. The summed E-state index contributed by atoms with van der Waals surface area (Å²) in [5, 5.41) is 16.9. The van der Waals surface area contributed by atoms with Crippen LogP contribution in [0.4, 0.5) is 0 Å². The first-order chi connectivity index (χ1) is 9.07. The maximum absolute atomic E-state index is 11.3. The first kappa shape index (κ1) is 15.2. The summed E-state index contributed by atoms with van der Waals surface area (Å²) in [6.07, 6.45) is 0.426. The van der Waals surface area contributed by atoms with Crippen LogP contribution in [0.2, 0.25) is 0 Å². The van der Waals surface area contributed by atoms with Gasteiger partial charge in [-0.15, -0.1) is 0 Å². The highest BCUT2D eigenvalue weighted by molar-refractivity contribution is 7.89. The molecule has 0 amide bonds. The zero-order valence-electron chi connectivity index (χ0n) is 10.3. The molecule has 0 bridgehead atoms. The van der Waals surface area contributed by atoms with Gasteiger partial charge in [-0.1, -0.05) is 24.0 Å². The number of rotatable bonds is 5. The van der Waals surface area contributed by atoms with E-state index in [0.717, 1.165) is 11.1 Å². The van der Waals surface area contributed by atoms with Gasteiger partial charge < -0.3 is 5.11 Å². The van der Waals surface area contributed by atoms with Gasteiger partial charge in [0, 0.05) is 18.5 Å². The predicted octanol–water partition coefficient (Wildman–Crippen LogP) is 0.363. The molecular formula is C13H14N2O3S. The van der Waals surface area contributed by atoms with Crippen LogP contribution in [-0.4, -0.2) is 25.9 Å². The highest BCUT2D eigenvalue weighted by atomic mass is 32.2. The first-order valence-electron chi connectivity index (χ1n) is 5.60. The Morgan fingerprint density at radius 3 is 2.53 bits per heavy atom. The van der Waals surface area contributed by atoms with Crippen LogP contribution in [0.1, 0.15) is 17.5 Å². The van der Waals surface area contributed by atoms with Crippen molar-refractivity contribution in [1.29, 1.82) is 5.26 Å². The number of aliphatic hydroxyl groups excluding tert-OH is 1.